The van der Waals surface area contributed by atoms with Gasteiger partial charge in [0, 0.05) is 6.26 Å². The molecule has 0 aliphatic carbocycles. The lowest BCUT2D eigenvalue weighted by Gasteiger charge is -2.01. The lowest BCUT2D eigenvalue weighted by Crippen LogP contribution is -1.95. The molecule has 1 atom stereocenters. The molecule has 1 rings (SSSR count). The summed E-state index contributed by atoms with van der Waals surface area (Å²) in [6.07, 6.45) is 1.31. The van der Waals surface area contributed by atoms with Crippen LogP contribution in [0.25, 0.3) is 0 Å². The van der Waals surface area contributed by atoms with E-state index in [-0.39, 0.29) is 10.5 Å². The summed E-state index contributed by atoms with van der Waals surface area (Å²) in [6.45, 7) is 1.46. The van der Waals surface area contributed by atoms with Gasteiger partial charge in [-0.25, -0.2) is 8.78 Å². The maximum atomic E-state index is 12.9. The first-order valence-electron chi connectivity index (χ1n) is 3.31. The van der Waals surface area contributed by atoms with E-state index in [0.29, 0.717) is 0 Å². The van der Waals surface area contributed by atoms with E-state index in [1.807, 2.05) is 0 Å². The third kappa shape index (κ3) is 1.69. The number of halogens is 2. The Bertz CT molecular complexity index is 336. The van der Waals surface area contributed by atoms with E-state index in [9.17, 15) is 13.0 Å². The van der Waals surface area contributed by atoms with Crippen LogP contribution < -0.4 is 0 Å². The smallest absolute Gasteiger partial charge is 0.139 e. The monoisotopic (exact) mass is 190 g/mol. The Morgan fingerprint density at radius 3 is 2.33 bits per heavy atom. The van der Waals surface area contributed by atoms with Crippen molar-refractivity contribution >= 4 is 10.8 Å². The van der Waals surface area contributed by atoms with Crippen molar-refractivity contribution in [2.75, 3.05) is 6.26 Å². The summed E-state index contributed by atoms with van der Waals surface area (Å²) < 4.78 is 36.6. The summed E-state index contributed by atoms with van der Waals surface area (Å²) in [5, 5.41) is 0. The van der Waals surface area contributed by atoms with Gasteiger partial charge < -0.3 is 0 Å². The van der Waals surface area contributed by atoms with E-state index in [1.165, 1.54) is 13.2 Å². The molecule has 1 unspecified atom stereocenters. The fourth-order valence-electron chi connectivity index (χ4n) is 0.848. The summed E-state index contributed by atoms with van der Waals surface area (Å²) in [7, 11) is -1.47. The number of rotatable bonds is 1. The van der Waals surface area contributed by atoms with Crippen LogP contribution in [0.1, 0.15) is 5.56 Å². The summed E-state index contributed by atoms with van der Waals surface area (Å²) >= 11 is 0. The summed E-state index contributed by atoms with van der Waals surface area (Å²) in [4.78, 5) is -0.0851. The molecule has 0 fully saturated rings. The summed E-state index contributed by atoms with van der Waals surface area (Å²) in [5.74, 6) is -1.14. The third-order valence-corrected chi connectivity index (χ3v) is 2.46. The molecule has 66 valence electrons. The number of benzene rings is 1. The van der Waals surface area contributed by atoms with Gasteiger partial charge in [-0.15, -0.1) is 0 Å². The molecule has 0 aromatic heterocycles. The van der Waals surface area contributed by atoms with Gasteiger partial charge in [0.2, 0.25) is 0 Å². The lowest BCUT2D eigenvalue weighted by molar-refractivity contribution is 0.566. The Labute approximate surface area is 71.9 Å². The molecule has 1 aromatic carbocycles. The highest BCUT2D eigenvalue weighted by molar-refractivity contribution is 7.84. The molecule has 0 aliphatic heterocycles. The predicted octanol–water partition coefficient (Wildman–Crippen LogP) is 2.01. The minimum Gasteiger partial charge on any atom is -0.255 e. The second-order valence-electron chi connectivity index (χ2n) is 2.49. The quantitative estimate of drug-likeness (QED) is 0.662. The predicted molar refractivity (Wildman–Crippen MR) is 43.4 cm³/mol. The first kappa shape index (κ1) is 9.32. The van der Waals surface area contributed by atoms with Gasteiger partial charge in [0.25, 0.3) is 0 Å². The fourth-order valence-corrected chi connectivity index (χ4v) is 1.45. The molecule has 1 aromatic rings. The second-order valence-corrected chi connectivity index (χ2v) is 3.83. The van der Waals surface area contributed by atoms with Gasteiger partial charge in [-0.2, -0.15) is 0 Å². The van der Waals surface area contributed by atoms with Crippen molar-refractivity contribution in [2.24, 2.45) is 0 Å². The molecule has 0 aliphatic rings. The van der Waals surface area contributed by atoms with Gasteiger partial charge >= 0.3 is 0 Å². The summed E-state index contributed by atoms with van der Waals surface area (Å²) in [6, 6.07) is 2.02. The molecule has 0 spiro atoms. The molecular weight excluding hydrogens is 182 g/mol. The highest BCUT2D eigenvalue weighted by atomic mass is 32.2. The zero-order valence-corrected chi connectivity index (χ0v) is 7.54. The van der Waals surface area contributed by atoms with Crippen LogP contribution in [0.5, 0.6) is 0 Å². The molecule has 0 saturated heterocycles. The standard InChI is InChI=1S/C8H8F2OS/c1-5-3-7(10)8(12(2)11)4-6(5)9/h3-4H,1-2H3. The van der Waals surface area contributed by atoms with Gasteiger partial charge in [0.05, 0.1) is 15.7 Å². The van der Waals surface area contributed by atoms with Crippen molar-refractivity contribution in [3.05, 3.63) is 29.3 Å². The van der Waals surface area contributed by atoms with Crippen LogP contribution in [0, 0.1) is 18.6 Å². The maximum Gasteiger partial charge on any atom is 0.139 e. The van der Waals surface area contributed by atoms with Crippen LogP contribution >= 0.6 is 0 Å². The van der Waals surface area contributed by atoms with Gasteiger partial charge in [-0.3, -0.25) is 4.21 Å². The third-order valence-electron chi connectivity index (χ3n) is 1.52. The first-order chi connectivity index (χ1) is 5.52. The van der Waals surface area contributed by atoms with E-state index in [0.717, 1.165) is 12.1 Å². The topological polar surface area (TPSA) is 17.1 Å². The molecular formula is C8H8F2OS. The van der Waals surface area contributed by atoms with E-state index in [4.69, 9.17) is 0 Å². The summed E-state index contributed by atoms with van der Waals surface area (Å²) in [5.41, 5.74) is 0.224. The first-order valence-corrected chi connectivity index (χ1v) is 4.87. The fraction of sp³-hybridized carbons (Fsp3) is 0.250. The average Bonchev–Trinajstić information content (AvgIpc) is 1.96. The largest absolute Gasteiger partial charge is 0.255 e. The van der Waals surface area contributed by atoms with Crippen LogP contribution in [0.15, 0.2) is 17.0 Å². The van der Waals surface area contributed by atoms with Crippen LogP contribution in [0.2, 0.25) is 0 Å². The van der Waals surface area contributed by atoms with Crippen LogP contribution in [0.4, 0.5) is 8.78 Å². The molecule has 0 bridgehead atoms. The van der Waals surface area contributed by atoms with E-state index >= 15 is 0 Å². The van der Waals surface area contributed by atoms with Crippen molar-refractivity contribution in [2.45, 2.75) is 11.8 Å². The normalized spacial score (nSPS) is 13.0. The van der Waals surface area contributed by atoms with Crippen molar-refractivity contribution in [3.63, 3.8) is 0 Å². The minimum absolute atomic E-state index is 0.0851. The van der Waals surface area contributed by atoms with E-state index in [1.54, 1.807) is 0 Å². The molecule has 0 radical (unpaired) electrons. The van der Waals surface area contributed by atoms with Crippen molar-refractivity contribution < 1.29 is 13.0 Å². The Balaban J connectivity index is 3.33. The zero-order valence-electron chi connectivity index (χ0n) is 6.73. The highest BCUT2D eigenvalue weighted by Gasteiger charge is 2.09. The molecule has 0 saturated carbocycles. The Morgan fingerprint density at radius 1 is 1.25 bits per heavy atom. The van der Waals surface area contributed by atoms with E-state index in [2.05, 4.69) is 0 Å². The molecule has 0 heterocycles. The highest BCUT2D eigenvalue weighted by Crippen LogP contribution is 2.16. The van der Waals surface area contributed by atoms with Crippen LogP contribution in [0.3, 0.4) is 0 Å². The molecule has 0 N–H and O–H groups in total. The Kier molecular flexibility index (Phi) is 2.57. The molecule has 1 nitrogen and oxygen atoms in total. The van der Waals surface area contributed by atoms with Crippen molar-refractivity contribution in [3.8, 4) is 0 Å². The van der Waals surface area contributed by atoms with Gasteiger partial charge in [0.15, 0.2) is 0 Å². The second kappa shape index (κ2) is 3.31. The van der Waals surface area contributed by atoms with Crippen LogP contribution in [-0.4, -0.2) is 10.5 Å². The van der Waals surface area contributed by atoms with Gasteiger partial charge in [-0.1, -0.05) is 0 Å². The van der Waals surface area contributed by atoms with Crippen LogP contribution in [-0.2, 0) is 10.8 Å². The van der Waals surface area contributed by atoms with Crippen molar-refractivity contribution in [1.82, 2.24) is 0 Å². The zero-order chi connectivity index (χ0) is 9.30. The average molecular weight is 190 g/mol. The van der Waals surface area contributed by atoms with Gasteiger partial charge in [0.1, 0.15) is 11.6 Å². The molecule has 0 amide bonds. The molecule has 12 heavy (non-hydrogen) atoms. The van der Waals surface area contributed by atoms with E-state index < -0.39 is 22.4 Å². The SMILES string of the molecule is Cc1cc(F)c(S(C)=O)cc1F. The lowest BCUT2D eigenvalue weighted by atomic mass is 10.2. The Morgan fingerprint density at radius 2 is 1.83 bits per heavy atom. The minimum atomic E-state index is -1.47. The number of hydrogen-bond acceptors (Lipinski definition) is 1. The number of hydrogen-bond donors (Lipinski definition) is 0. The Hall–Kier alpha value is -0.770. The number of aryl methyl sites for hydroxylation is 1. The van der Waals surface area contributed by atoms with Crippen molar-refractivity contribution in [1.29, 1.82) is 0 Å². The van der Waals surface area contributed by atoms with Gasteiger partial charge in [-0.05, 0) is 24.6 Å². The maximum absolute atomic E-state index is 12.9. The molecule has 4 heteroatoms.